The summed E-state index contributed by atoms with van der Waals surface area (Å²) < 4.78 is 0. The van der Waals surface area contributed by atoms with E-state index in [2.05, 4.69) is 57.0 Å². The minimum atomic E-state index is 0.235. The molecule has 2 N–H and O–H groups in total. The molecule has 2 nitrogen and oxygen atoms in total. The van der Waals surface area contributed by atoms with Crippen LogP contribution in [0.2, 0.25) is 0 Å². The van der Waals surface area contributed by atoms with Gasteiger partial charge in [0.1, 0.15) is 0 Å². The van der Waals surface area contributed by atoms with Gasteiger partial charge >= 0.3 is 0 Å². The molecule has 0 fully saturated rings. The molecule has 0 saturated carbocycles. The van der Waals surface area contributed by atoms with Crippen molar-refractivity contribution in [3.8, 4) is 0 Å². The Kier molecular flexibility index (Phi) is 5.16. The molecule has 0 aliphatic heterocycles. The van der Waals surface area contributed by atoms with Crippen molar-refractivity contribution in [3.05, 3.63) is 35.4 Å². The Morgan fingerprint density at radius 2 is 2.06 bits per heavy atom. The largest absolute Gasteiger partial charge is 0.330 e. The second-order valence-electron chi connectivity index (χ2n) is 5.53. The normalized spacial score (nSPS) is 14.9. The maximum absolute atomic E-state index is 5.86. The summed E-state index contributed by atoms with van der Waals surface area (Å²) >= 11 is 0. The van der Waals surface area contributed by atoms with E-state index in [0.717, 1.165) is 26.1 Å². The monoisotopic (exact) mass is 234 g/mol. The van der Waals surface area contributed by atoms with Crippen LogP contribution in [0.3, 0.4) is 0 Å². The third-order valence-electron chi connectivity index (χ3n) is 3.53. The summed E-state index contributed by atoms with van der Waals surface area (Å²) in [7, 11) is 2.17. The first kappa shape index (κ1) is 14.2. The second-order valence-corrected chi connectivity index (χ2v) is 5.53. The Bertz CT molecular complexity index is 343. The van der Waals surface area contributed by atoms with Gasteiger partial charge in [0.25, 0.3) is 0 Å². The number of rotatable bonds is 6. The molecule has 1 unspecified atom stereocenters. The van der Waals surface area contributed by atoms with Gasteiger partial charge in [0.2, 0.25) is 0 Å². The molecule has 0 radical (unpaired) electrons. The average molecular weight is 234 g/mol. The number of hydrogen-bond acceptors (Lipinski definition) is 2. The Morgan fingerprint density at radius 3 is 2.59 bits per heavy atom. The van der Waals surface area contributed by atoms with Crippen molar-refractivity contribution < 1.29 is 0 Å². The van der Waals surface area contributed by atoms with Gasteiger partial charge in [0.15, 0.2) is 0 Å². The minimum absolute atomic E-state index is 0.235. The Balaban J connectivity index is 2.58. The number of benzene rings is 1. The lowest BCUT2D eigenvalue weighted by Crippen LogP contribution is -2.38. The minimum Gasteiger partial charge on any atom is -0.330 e. The van der Waals surface area contributed by atoms with E-state index in [0.29, 0.717) is 0 Å². The highest BCUT2D eigenvalue weighted by Gasteiger charge is 2.21. The van der Waals surface area contributed by atoms with Crippen molar-refractivity contribution in [1.29, 1.82) is 0 Å². The molecule has 1 rings (SSSR count). The quantitative estimate of drug-likeness (QED) is 0.820. The molecular formula is C15H26N2. The van der Waals surface area contributed by atoms with E-state index >= 15 is 0 Å². The SMILES string of the molecule is CCC(C)(CN)CN(C)Cc1cccc(C)c1. The molecule has 0 aliphatic rings. The van der Waals surface area contributed by atoms with Crippen LogP contribution in [0, 0.1) is 12.3 Å². The van der Waals surface area contributed by atoms with E-state index in [1.165, 1.54) is 11.1 Å². The third-order valence-corrected chi connectivity index (χ3v) is 3.53. The number of nitrogens with zero attached hydrogens (tertiary/aromatic N) is 1. The van der Waals surface area contributed by atoms with Gasteiger partial charge in [-0.25, -0.2) is 0 Å². The summed E-state index contributed by atoms with van der Waals surface area (Å²) in [6.07, 6.45) is 1.13. The number of aryl methyl sites for hydroxylation is 1. The van der Waals surface area contributed by atoms with Crippen LogP contribution in [-0.2, 0) is 6.54 Å². The van der Waals surface area contributed by atoms with Crippen molar-refractivity contribution in [1.82, 2.24) is 4.90 Å². The first-order valence-electron chi connectivity index (χ1n) is 6.43. The zero-order valence-corrected chi connectivity index (χ0v) is 11.7. The van der Waals surface area contributed by atoms with Crippen molar-refractivity contribution in [2.75, 3.05) is 20.1 Å². The van der Waals surface area contributed by atoms with Crippen molar-refractivity contribution in [3.63, 3.8) is 0 Å². The van der Waals surface area contributed by atoms with Gasteiger partial charge in [-0.1, -0.05) is 43.7 Å². The summed E-state index contributed by atoms with van der Waals surface area (Å²) in [4.78, 5) is 2.37. The Hall–Kier alpha value is -0.860. The fraction of sp³-hybridized carbons (Fsp3) is 0.600. The topological polar surface area (TPSA) is 29.3 Å². The summed E-state index contributed by atoms with van der Waals surface area (Å²) in [5.41, 5.74) is 8.80. The van der Waals surface area contributed by atoms with E-state index < -0.39 is 0 Å². The molecule has 0 spiro atoms. The molecule has 0 amide bonds. The highest BCUT2D eigenvalue weighted by Crippen LogP contribution is 2.21. The Labute approximate surface area is 106 Å². The van der Waals surface area contributed by atoms with E-state index in [4.69, 9.17) is 5.73 Å². The highest BCUT2D eigenvalue weighted by atomic mass is 15.1. The number of nitrogens with two attached hydrogens (primary N) is 1. The maximum Gasteiger partial charge on any atom is 0.0231 e. The van der Waals surface area contributed by atoms with Crippen molar-refractivity contribution in [2.24, 2.45) is 11.1 Å². The second kappa shape index (κ2) is 6.18. The van der Waals surface area contributed by atoms with Crippen molar-refractivity contribution >= 4 is 0 Å². The van der Waals surface area contributed by atoms with Crippen LogP contribution in [-0.4, -0.2) is 25.0 Å². The first-order chi connectivity index (χ1) is 7.99. The van der Waals surface area contributed by atoms with E-state index in [-0.39, 0.29) is 5.41 Å². The zero-order valence-electron chi connectivity index (χ0n) is 11.7. The van der Waals surface area contributed by atoms with Crippen LogP contribution in [0.5, 0.6) is 0 Å². The summed E-state index contributed by atoms with van der Waals surface area (Å²) in [5, 5.41) is 0. The molecule has 0 saturated heterocycles. The van der Waals surface area contributed by atoms with Gasteiger partial charge in [-0.3, -0.25) is 0 Å². The molecule has 0 heterocycles. The standard InChI is InChI=1S/C15H26N2/c1-5-15(3,11-16)12-17(4)10-14-8-6-7-13(2)9-14/h6-9H,5,10-12,16H2,1-4H3. The van der Waals surface area contributed by atoms with Crippen LogP contribution in [0.4, 0.5) is 0 Å². The van der Waals surface area contributed by atoms with E-state index in [1.54, 1.807) is 0 Å². The number of hydrogen-bond donors (Lipinski definition) is 1. The third kappa shape index (κ3) is 4.49. The Morgan fingerprint density at radius 1 is 1.35 bits per heavy atom. The summed E-state index contributed by atoms with van der Waals surface area (Å²) in [5.74, 6) is 0. The predicted octanol–water partition coefficient (Wildman–Crippen LogP) is 2.80. The highest BCUT2D eigenvalue weighted by molar-refractivity contribution is 5.22. The molecular weight excluding hydrogens is 208 g/mol. The van der Waals surface area contributed by atoms with Gasteiger partial charge in [-0.2, -0.15) is 0 Å². The molecule has 0 aliphatic carbocycles. The molecule has 1 aromatic rings. The summed E-state index contributed by atoms with van der Waals surface area (Å²) in [6.45, 7) is 9.42. The van der Waals surface area contributed by atoms with Crippen LogP contribution in [0.15, 0.2) is 24.3 Å². The van der Waals surface area contributed by atoms with Gasteiger partial charge in [0, 0.05) is 13.1 Å². The molecule has 2 heteroatoms. The van der Waals surface area contributed by atoms with Gasteiger partial charge in [-0.15, -0.1) is 0 Å². The van der Waals surface area contributed by atoms with E-state index in [1.807, 2.05) is 0 Å². The molecule has 1 aromatic carbocycles. The lowest BCUT2D eigenvalue weighted by Gasteiger charge is -2.31. The first-order valence-corrected chi connectivity index (χ1v) is 6.43. The fourth-order valence-corrected chi connectivity index (χ4v) is 2.15. The molecule has 96 valence electrons. The molecule has 17 heavy (non-hydrogen) atoms. The van der Waals surface area contributed by atoms with Crippen LogP contribution >= 0.6 is 0 Å². The maximum atomic E-state index is 5.86. The lowest BCUT2D eigenvalue weighted by atomic mass is 9.87. The molecule has 0 aromatic heterocycles. The van der Waals surface area contributed by atoms with Gasteiger partial charge in [-0.05, 0) is 37.9 Å². The molecule has 0 bridgehead atoms. The molecule has 1 atom stereocenters. The summed E-state index contributed by atoms with van der Waals surface area (Å²) in [6, 6.07) is 8.71. The van der Waals surface area contributed by atoms with E-state index in [9.17, 15) is 0 Å². The van der Waals surface area contributed by atoms with Crippen molar-refractivity contribution in [2.45, 2.75) is 33.7 Å². The van der Waals surface area contributed by atoms with Crippen LogP contribution in [0.25, 0.3) is 0 Å². The van der Waals surface area contributed by atoms with Crippen LogP contribution < -0.4 is 5.73 Å². The zero-order chi connectivity index (χ0) is 12.9. The van der Waals surface area contributed by atoms with Gasteiger partial charge < -0.3 is 10.6 Å². The van der Waals surface area contributed by atoms with Crippen LogP contribution in [0.1, 0.15) is 31.4 Å². The fourth-order valence-electron chi connectivity index (χ4n) is 2.15. The average Bonchev–Trinajstić information content (AvgIpc) is 2.28. The smallest absolute Gasteiger partial charge is 0.0231 e. The van der Waals surface area contributed by atoms with Gasteiger partial charge in [0.05, 0.1) is 0 Å². The lowest BCUT2D eigenvalue weighted by molar-refractivity contribution is 0.186. The predicted molar refractivity (Wildman–Crippen MR) is 75.0 cm³/mol.